The normalized spacial score (nSPS) is 19.7. The van der Waals surface area contributed by atoms with Crippen LogP contribution in [0.2, 0.25) is 0 Å². The number of carbonyl (C=O) groups is 2. The number of carbonyl (C=O) groups excluding carboxylic acids is 2. The molecular weight excluding hydrogens is 332 g/mol. The molecule has 0 radical (unpaired) electrons. The second-order valence-corrected chi connectivity index (χ2v) is 7.20. The molecule has 136 valence electrons. The Morgan fingerprint density at radius 3 is 2.50 bits per heavy atom. The van der Waals surface area contributed by atoms with E-state index in [0.717, 1.165) is 36.8 Å². The lowest BCUT2D eigenvalue weighted by atomic mass is 9.90. The van der Waals surface area contributed by atoms with Crippen LogP contribution in [0.3, 0.4) is 0 Å². The molecule has 0 atom stereocenters. The number of nitrogens with zero attached hydrogens (tertiary/aromatic N) is 3. The first-order valence-corrected chi connectivity index (χ1v) is 9.11. The molecule has 2 aliphatic rings. The van der Waals surface area contributed by atoms with Gasteiger partial charge in [0.05, 0.1) is 0 Å². The lowest BCUT2D eigenvalue weighted by Gasteiger charge is -2.24. The number of amides is 3. The van der Waals surface area contributed by atoms with Gasteiger partial charge in [0.15, 0.2) is 0 Å². The van der Waals surface area contributed by atoms with E-state index in [1.54, 1.807) is 0 Å². The Hall–Kier alpha value is -2.70. The first-order valence-electron chi connectivity index (χ1n) is 9.11. The van der Waals surface area contributed by atoms with Crippen molar-refractivity contribution >= 4 is 11.9 Å². The van der Waals surface area contributed by atoms with E-state index in [2.05, 4.69) is 15.5 Å². The molecule has 0 bridgehead atoms. The fraction of sp³-hybridized carbons (Fsp3) is 0.474. The molecule has 7 heteroatoms. The van der Waals surface area contributed by atoms with Crippen molar-refractivity contribution in [3.8, 4) is 11.4 Å². The molecule has 1 saturated carbocycles. The van der Waals surface area contributed by atoms with Gasteiger partial charge in [-0.25, -0.2) is 4.79 Å². The van der Waals surface area contributed by atoms with E-state index >= 15 is 0 Å². The van der Waals surface area contributed by atoms with Crippen LogP contribution in [0, 0.1) is 6.92 Å². The van der Waals surface area contributed by atoms with E-state index in [1.807, 2.05) is 31.2 Å². The predicted molar refractivity (Wildman–Crippen MR) is 94.0 cm³/mol. The van der Waals surface area contributed by atoms with Gasteiger partial charge in [0.2, 0.25) is 11.7 Å². The van der Waals surface area contributed by atoms with Gasteiger partial charge in [-0.05, 0) is 19.8 Å². The molecule has 1 saturated heterocycles. The number of aromatic nitrogens is 2. The minimum Gasteiger partial charge on any atom is -0.337 e. The highest BCUT2D eigenvalue weighted by atomic mass is 16.5. The van der Waals surface area contributed by atoms with Crippen molar-refractivity contribution in [2.75, 3.05) is 0 Å². The Morgan fingerprint density at radius 1 is 1.12 bits per heavy atom. The standard InChI is InChI=1S/C19H22N4O3/c1-13-6-8-14(9-7-13)16-20-15(26-22-16)12-23-17(24)19(21-18(23)25)10-4-2-3-5-11-19/h6-9H,2-5,10-12H2,1H3,(H,21,25). The summed E-state index contributed by atoms with van der Waals surface area (Å²) in [5.74, 6) is 0.547. The number of hydrogen-bond acceptors (Lipinski definition) is 5. The summed E-state index contributed by atoms with van der Waals surface area (Å²) < 4.78 is 5.27. The number of nitrogens with one attached hydrogen (secondary N) is 1. The first kappa shape index (κ1) is 16.8. The molecule has 2 fully saturated rings. The Labute approximate surface area is 151 Å². The topological polar surface area (TPSA) is 88.3 Å². The van der Waals surface area contributed by atoms with Crippen molar-refractivity contribution < 1.29 is 14.1 Å². The van der Waals surface area contributed by atoms with Crippen LogP contribution < -0.4 is 5.32 Å². The molecule has 1 aromatic carbocycles. The second-order valence-electron chi connectivity index (χ2n) is 7.20. The highest BCUT2D eigenvalue weighted by molar-refractivity contribution is 6.06. The van der Waals surface area contributed by atoms with Crippen molar-refractivity contribution in [2.45, 2.75) is 57.5 Å². The van der Waals surface area contributed by atoms with Crippen LogP contribution in [0.5, 0.6) is 0 Å². The maximum atomic E-state index is 12.9. The smallest absolute Gasteiger partial charge is 0.325 e. The summed E-state index contributed by atoms with van der Waals surface area (Å²) in [6.45, 7) is 2.01. The summed E-state index contributed by atoms with van der Waals surface area (Å²) in [6, 6.07) is 7.40. The summed E-state index contributed by atoms with van der Waals surface area (Å²) in [5, 5.41) is 6.89. The van der Waals surface area contributed by atoms with Crippen molar-refractivity contribution in [1.82, 2.24) is 20.4 Å². The molecule has 0 unspecified atom stereocenters. The van der Waals surface area contributed by atoms with E-state index < -0.39 is 5.54 Å². The molecule has 4 rings (SSSR count). The Kier molecular flexibility index (Phi) is 4.22. The molecule has 3 amide bonds. The lowest BCUT2D eigenvalue weighted by Crippen LogP contribution is -2.46. The van der Waals surface area contributed by atoms with Crippen molar-refractivity contribution in [3.63, 3.8) is 0 Å². The van der Waals surface area contributed by atoms with Crippen LogP contribution >= 0.6 is 0 Å². The average Bonchev–Trinajstić information content (AvgIpc) is 3.08. The fourth-order valence-electron chi connectivity index (χ4n) is 3.77. The predicted octanol–water partition coefficient (Wildman–Crippen LogP) is 3.19. The summed E-state index contributed by atoms with van der Waals surface area (Å²) in [4.78, 5) is 30.9. The number of hydrogen-bond donors (Lipinski definition) is 1. The van der Waals surface area contributed by atoms with Gasteiger partial charge in [-0.2, -0.15) is 4.98 Å². The summed E-state index contributed by atoms with van der Waals surface area (Å²) in [5.41, 5.74) is 1.24. The average molecular weight is 354 g/mol. The van der Waals surface area contributed by atoms with Crippen molar-refractivity contribution in [2.24, 2.45) is 0 Å². The maximum absolute atomic E-state index is 12.9. The van der Waals surface area contributed by atoms with Crippen LogP contribution in [0.15, 0.2) is 28.8 Å². The zero-order valence-electron chi connectivity index (χ0n) is 14.8. The van der Waals surface area contributed by atoms with E-state index in [-0.39, 0.29) is 24.4 Å². The van der Waals surface area contributed by atoms with Gasteiger partial charge in [0, 0.05) is 5.56 Å². The van der Waals surface area contributed by atoms with Gasteiger partial charge < -0.3 is 9.84 Å². The van der Waals surface area contributed by atoms with Gasteiger partial charge >= 0.3 is 6.03 Å². The van der Waals surface area contributed by atoms with Crippen LogP contribution in [-0.4, -0.2) is 32.5 Å². The highest BCUT2D eigenvalue weighted by Gasteiger charge is 2.51. The quantitative estimate of drug-likeness (QED) is 0.855. The summed E-state index contributed by atoms with van der Waals surface area (Å²) in [6.07, 6.45) is 5.53. The SMILES string of the molecule is Cc1ccc(-c2noc(CN3C(=O)NC4(CCCCCC4)C3=O)n2)cc1. The van der Waals surface area contributed by atoms with E-state index in [1.165, 1.54) is 4.90 Å². The fourth-order valence-corrected chi connectivity index (χ4v) is 3.77. The molecule has 1 N–H and O–H groups in total. The largest absolute Gasteiger partial charge is 0.337 e. The molecule has 7 nitrogen and oxygen atoms in total. The first-order chi connectivity index (χ1) is 12.6. The van der Waals surface area contributed by atoms with E-state index in [4.69, 9.17) is 4.52 Å². The van der Waals surface area contributed by atoms with Crippen LogP contribution in [0.1, 0.15) is 50.0 Å². The summed E-state index contributed by atoms with van der Waals surface area (Å²) >= 11 is 0. The van der Waals surface area contributed by atoms with Crippen LogP contribution in [0.25, 0.3) is 11.4 Å². The van der Waals surface area contributed by atoms with Gasteiger partial charge in [-0.15, -0.1) is 0 Å². The van der Waals surface area contributed by atoms with Gasteiger partial charge in [0.1, 0.15) is 12.1 Å². The molecule has 1 aliphatic carbocycles. The van der Waals surface area contributed by atoms with Gasteiger partial charge in [0.25, 0.3) is 5.91 Å². The number of aryl methyl sites for hydroxylation is 1. The third-order valence-electron chi connectivity index (χ3n) is 5.27. The molecular formula is C19H22N4O3. The molecule has 2 aromatic rings. The Morgan fingerprint density at radius 2 is 1.81 bits per heavy atom. The number of imide groups is 1. The Bertz CT molecular complexity index is 820. The molecule has 26 heavy (non-hydrogen) atoms. The van der Waals surface area contributed by atoms with Gasteiger partial charge in [-0.1, -0.05) is 60.7 Å². The highest BCUT2D eigenvalue weighted by Crippen LogP contribution is 2.33. The summed E-state index contributed by atoms with van der Waals surface area (Å²) in [7, 11) is 0. The third kappa shape index (κ3) is 2.98. The number of rotatable bonds is 3. The third-order valence-corrected chi connectivity index (χ3v) is 5.27. The minimum absolute atomic E-state index is 0.00524. The van der Waals surface area contributed by atoms with Crippen molar-refractivity contribution in [3.05, 3.63) is 35.7 Å². The minimum atomic E-state index is -0.743. The zero-order valence-corrected chi connectivity index (χ0v) is 14.8. The number of urea groups is 1. The zero-order chi connectivity index (χ0) is 18.1. The molecule has 1 spiro atoms. The molecule has 1 aromatic heterocycles. The maximum Gasteiger partial charge on any atom is 0.325 e. The van der Waals surface area contributed by atoms with Crippen molar-refractivity contribution in [1.29, 1.82) is 0 Å². The second kappa shape index (κ2) is 6.55. The number of benzene rings is 1. The monoisotopic (exact) mass is 354 g/mol. The molecule has 2 heterocycles. The molecule has 1 aliphatic heterocycles. The van der Waals surface area contributed by atoms with E-state index in [9.17, 15) is 9.59 Å². The van der Waals surface area contributed by atoms with E-state index in [0.29, 0.717) is 18.7 Å². The lowest BCUT2D eigenvalue weighted by molar-refractivity contribution is -0.132. The Balaban J connectivity index is 1.51. The van der Waals surface area contributed by atoms with Crippen LogP contribution in [0.4, 0.5) is 4.79 Å². The van der Waals surface area contributed by atoms with Crippen LogP contribution in [-0.2, 0) is 11.3 Å². The van der Waals surface area contributed by atoms with Gasteiger partial charge in [-0.3, -0.25) is 9.69 Å².